The highest BCUT2D eigenvalue weighted by Crippen LogP contribution is 2.34. The summed E-state index contributed by atoms with van der Waals surface area (Å²) in [6.45, 7) is 0.670. The third-order valence-corrected chi connectivity index (χ3v) is 6.08. The molecule has 35 heavy (non-hydrogen) atoms. The Morgan fingerprint density at radius 1 is 1.06 bits per heavy atom. The van der Waals surface area contributed by atoms with Gasteiger partial charge >= 0.3 is 12.1 Å². The molecule has 2 aromatic carbocycles. The van der Waals surface area contributed by atoms with Crippen LogP contribution in [0.3, 0.4) is 0 Å². The van der Waals surface area contributed by atoms with Crippen LogP contribution in [0.1, 0.15) is 41.8 Å². The van der Waals surface area contributed by atoms with Crippen LogP contribution >= 0.6 is 23.2 Å². The monoisotopic (exact) mass is 525 g/mol. The van der Waals surface area contributed by atoms with E-state index in [1.807, 2.05) is 0 Å². The Balaban J connectivity index is 1.62. The van der Waals surface area contributed by atoms with Crippen molar-refractivity contribution in [1.29, 1.82) is 0 Å². The van der Waals surface area contributed by atoms with E-state index in [2.05, 4.69) is 15.4 Å². The number of rotatable bonds is 9. The van der Waals surface area contributed by atoms with Crippen molar-refractivity contribution in [1.82, 2.24) is 24.8 Å². The number of alkyl halides is 3. The molecule has 184 valence electrons. The number of carboxylic acids is 1. The standard InChI is InChI=1S/C23H20Cl2F3N5O2/c24-17-6-4-14(19(25)11-17)12-32-13-15(18-7-5-16(10-20(18)32)23(26,27)28)9-21-29-31-33(30-21)8-2-1-3-22(34)35/h4-7,10-11,13H,1-3,8-9,12H2,(H,34,35). The molecule has 0 amide bonds. The second-order valence-corrected chi connectivity index (χ2v) is 8.92. The zero-order valence-corrected chi connectivity index (χ0v) is 19.8. The summed E-state index contributed by atoms with van der Waals surface area (Å²) in [5.74, 6) is -0.450. The number of nitrogens with zero attached hydrogens (tertiary/aromatic N) is 5. The number of fused-ring (bicyclic) bond motifs is 1. The number of hydrogen-bond donors (Lipinski definition) is 1. The number of carbonyl (C=O) groups is 1. The van der Waals surface area contributed by atoms with Gasteiger partial charge in [-0.15, -0.1) is 10.2 Å². The highest BCUT2D eigenvalue weighted by molar-refractivity contribution is 6.35. The number of aryl methyl sites for hydroxylation is 1. The number of aliphatic carboxylic acids is 1. The average Bonchev–Trinajstić information content (AvgIpc) is 3.37. The van der Waals surface area contributed by atoms with E-state index in [0.717, 1.165) is 17.7 Å². The lowest BCUT2D eigenvalue weighted by molar-refractivity contribution is -0.138. The fourth-order valence-corrected chi connectivity index (χ4v) is 4.26. The van der Waals surface area contributed by atoms with Gasteiger partial charge in [-0.3, -0.25) is 4.79 Å². The molecule has 0 aliphatic rings. The van der Waals surface area contributed by atoms with Gasteiger partial charge in [0.15, 0.2) is 5.82 Å². The molecule has 4 aromatic rings. The summed E-state index contributed by atoms with van der Waals surface area (Å²) in [6, 6.07) is 8.62. The van der Waals surface area contributed by atoms with E-state index >= 15 is 0 Å². The number of benzene rings is 2. The van der Waals surface area contributed by atoms with Gasteiger partial charge in [-0.25, -0.2) is 0 Å². The lowest BCUT2D eigenvalue weighted by atomic mass is 10.1. The maximum Gasteiger partial charge on any atom is 0.416 e. The average molecular weight is 526 g/mol. The van der Waals surface area contributed by atoms with E-state index in [9.17, 15) is 18.0 Å². The van der Waals surface area contributed by atoms with Crippen molar-refractivity contribution in [2.45, 2.75) is 44.9 Å². The van der Waals surface area contributed by atoms with Gasteiger partial charge < -0.3 is 9.67 Å². The van der Waals surface area contributed by atoms with Crippen molar-refractivity contribution in [3.05, 3.63) is 75.2 Å². The van der Waals surface area contributed by atoms with Gasteiger partial charge in [0.2, 0.25) is 0 Å². The molecule has 0 aliphatic heterocycles. The second-order valence-electron chi connectivity index (χ2n) is 8.08. The minimum Gasteiger partial charge on any atom is -0.481 e. The Morgan fingerprint density at radius 2 is 1.86 bits per heavy atom. The minimum atomic E-state index is -4.48. The summed E-state index contributed by atoms with van der Waals surface area (Å²) in [4.78, 5) is 12.0. The summed E-state index contributed by atoms with van der Waals surface area (Å²) < 4.78 is 41.9. The Morgan fingerprint density at radius 3 is 2.57 bits per heavy atom. The Bertz CT molecular complexity index is 1370. The lowest BCUT2D eigenvalue weighted by Crippen LogP contribution is -2.05. The van der Waals surface area contributed by atoms with Gasteiger partial charge in [-0.05, 0) is 53.4 Å². The van der Waals surface area contributed by atoms with E-state index in [-0.39, 0.29) is 19.4 Å². The molecule has 0 spiro atoms. The third kappa shape index (κ3) is 6.12. The molecule has 0 atom stereocenters. The largest absolute Gasteiger partial charge is 0.481 e. The zero-order valence-electron chi connectivity index (χ0n) is 18.3. The van der Waals surface area contributed by atoms with Crippen LogP contribution in [0.4, 0.5) is 13.2 Å². The molecule has 0 radical (unpaired) electrons. The molecule has 0 fully saturated rings. The number of unbranched alkanes of at least 4 members (excludes halogenated alkanes) is 1. The summed E-state index contributed by atoms with van der Waals surface area (Å²) in [5, 5.41) is 22.6. The third-order valence-electron chi connectivity index (χ3n) is 5.49. The fourth-order valence-electron chi connectivity index (χ4n) is 3.79. The number of tetrazole rings is 1. The van der Waals surface area contributed by atoms with Crippen molar-refractivity contribution in [3.63, 3.8) is 0 Å². The predicted octanol–water partition coefficient (Wildman–Crippen LogP) is 5.85. The summed E-state index contributed by atoms with van der Waals surface area (Å²) in [6.07, 6.45) is -1.30. The van der Waals surface area contributed by atoms with Gasteiger partial charge in [0.1, 0.15) is 0 Å². The van der Waals surface area contributed by atoms with Gasteiger partial charge in [0.05, 0.1) is 12.1 Å². The molecular formula is C23H20Cl2F3N5O2. The SMILES string of the molecule is O=C(O)CCCCn1nnc(Cc2cn(Cc3ccc(Cl)cc3Cl)c3cc(C(F)(F)F)ccc23)n1. The zero-order chi connectivity index (χ0) is 25.2. The molecule has 2 heterocycles. The second kappa shape index (κ2) is 10.2. The van der Waals surface area contributed by atoms with E-state index in [0.29, 0.717) is 51.7 Å². The number of halogens is 5. The van der Waals surface area contributed by atoms with Crippen LogP contribution in [0.15, 0.2) is 42.6 Å². The molecule has 0 unspecified atom stereocenters. The summed E-state index contributed by atoms with van der Waals surface area (Å²) >= 11 is 12.3. The first kappa shape index (κ1) is 25.0. The molecular weight excluding hydrogens is 506 g/mol. The van der Waals surface area contributed by atoms with E-state index < -0.39 is 17.7 Å². The molecule has 0 saturated heterocycles. The van der Waals surface area contributed by atoms with Crippen molar-refractivity contribution >= 4 is 40.1 Å². The highest BCUT2D eigenvalue weighted by atomic mass is 35.5. The number of aromatic nitrogens is 5. The fraction of sp³-hybridized carbons (Fsp3) is 0.304. The van der Waals surface area contributed by atoms with E-state index in [4.69, 9.17) is 28.3 Å². The molecule has 0 bridgehead atoms. The lowest BCUT2D eigenvalue weighted by Gasteiger charge is -2.10. The first-order valence-electron chi connectivity index (χ1n) is 10.7. The van der Waals surface area contributed by atoms with Crippen LogP contribution in [-0.2, 0) is 30.5 Å². The molecule has 4 rings (SSSR count). The van der Waals surface area contributed by atoms with Crippen LogP contribution < -0.4 is 0 Å². The van der Waals surface area contributed by atoms with Crippen LogP contribution in [-0.4, -0.2) is 35.9 Å². The normalized spacial score (nSPS) is 11.9. The summed E-state index contributed by atoms with van der Waals surface area (Å²) in [7, 11) is 0. The number of carboxylic acid groups (broad SMARTS) is 1. The van der Waals surface area contributed by atoms with Gasteiger partial charge in [-0.2, -0.15) is 18.0 Å². The van der Waals surface area contributed by atoms with Crippen LogP contribution in [0, 0.1) is 0 Å². The van der Waals surface area contributed by atoms with Crippen LogP contribution in [0.5, 0.6) is 0 Å². The Hall–Kier alpha value is -3.11. The number of hydrogen-bond acceptors (Lipinski definition) is 4. The molecule has 0 saturated carbocycles. The Labute approximate surface area is 208 Å². The molecule has 0 aliphatic carbocycles. The minimum absolute atomic E-state index is 0.0681. The van der Waals surface area contributed by atoms with Crippen molar-refractivity contribution in [2.75, 3.05) is 0 Å². The predicted molar refractivity (Wildman–Crippen MR) is 125 cm³/mol. The van der Waals surface area contributed by atoms with E-state index in [1.54, 1.807) is 29.0 Å². The van der Waals surface area contributed by atoms with E-state index in [1.165, 1.54) is 10.9 Å². The Kier molecular flexibility index (Phi) is 7.32. The molecule has 12 heteroatoms. The van der Waals surface area contributed by atoms with Crippen molar-refractivity contribution in [2.24, 2.45) is 0 Å². The van der Waals surface area contributed by atoms with Crippen molar-refractivity contribution < 1.29 is 23.1 Å². The van der Waals surface area contributed by atoms with Gasteiger partial charge in [0.25, 0.3) is 0 Å². The quantitative estimate of drug-likeness (QED) is 0.277. The molecule has 7 nitrogen and oxygen atoms in total. The maximum atomic E-state index is 13.4. The molecule has 1 N–H and O–H groups in total. The van der Waals surface area contributed by atoms with Gasteiger partial charge in [0, 0.05) is 46.5 Å². The van der Waals surface area contributed by atoms with Crippen LogP contribution in [0.2, 0.25) is 10.0 Å². The summed E-state index contributed by atoms with van der Waals surface area (Å²) in [5.41, 5.74) is 1.11. The van der Waals surface area contributed by atoms with Crippen molar-refractivity contribution in [3.8, 4) is 0 Å². The molecule has 2 aromatic heterocycles. The topological polar surface area (TPSA) is 85.8 Å². The van der Waals surface area contributed by atoms with Crippen LogP contribution in [0.25, 0.3) is 10.9 Å². The first-order valence-corrected chi connectivity index (χ1v) is 11.5. The highest BCUT2D eigenvalue weighted by Gasteiger charge is 2.31. The smallest absolute Gasteiger partial charge is 0.416 e. The van der Waals surface area contributed by atoms with Gasteiger partial charge in [-0.1, -0.05) is 35.3 Å². The first-order chi connectivity index (χ1) is 16.6. The maximum absolute atomic E-state index is 13.4.